The maximum atomic E-state index is 8.81. The first-order valence-corrected chi connectivity index (χ1v) is 3.57. The van der Waals surface area contributed by atoms with Crippen LogP contribution in [0.2, 0.25) is 0 Å². The van der Waals surface area contributed by atoms with Crippen LogP contribution < -0.4 is 0 Å². The SMILES string of the molecule is O=[Te](O)O.[H-].[H-].[Sr+2]. The van der Waals surface area contributed by atoms with Crippen molar-refractivity contribution in [1.82, 2.24) is 0 Å². The van der Waals surface area contributed by atoms with Crippen molar-refractivity contribution in [2.45, 2.75) is 0 Å². The van der Waals surface area contributed by atoms with Crippen LogP contribution in [-0.4, -0.2) is 72.8 Å². The molecule has 0 bridgehead atoms. The molecular formula is H4O3SrTe. The van der Waals surface area contributed by atoms with Crippen LogP contribution in [0.15, 0.2) is 0 Å². The molecule has 0 heterocycles. The van der Waals surface area contributed by atoms with E-state index in [0.717, 1.165) is 0 Å². The minimum atomic E-state index is -3.61. The summed E-state index contributed by atoms with van der Waals surface area (Å²) >= 11 is -3.61. The van der Waals surface area contributed by atoms with Crippen LogP contribution in [-0.2, 0) is 3.10 Å². The van der Waals surface area contributed by atoms with E-state index in [9.17, 15) is 0 Å². The van der Waals surface area contributed by atoms with Crippen molar-refractivity contribution in [2.24, 2.45) is 0 Å². The van der Waals surface area contributed by atoms with Gasteiger partial charge in [-0.1, -0.05) is 0 Å². The molecule has 0 rings (SSSR count). The summed E-state index contributed by atoms with van der Waals surface area (Å²) in [5.41, 5.74) is 0. The van der Waals surface area contributed by atoms with Crippen molar-refractivity contribution >= 4 is 65.8 Å². The second-order valence-corrected chi connectivity index (χ2v) is 1.55. The van der Waals surface area contributed by atoms with E-state index in [1.54, 1.807) is 0 Å². The van der Waals surface area contributed by atoms with Crippen LogP contribution in [0, 0.1) is 0 Å². The Hall–Kier alpha value is 1.99. The zero-order valence-electron chi connectivity index (χ0n) is 4.42. The van der Waals surface area contributed by atoms with E-state index in [1.807, 2.05) is 0 Å². The van der Waals surface area contributed by atoms with Crippen LogP contribution in [0.3, 0.4) is 0 Å². The van der Waals surface area contributed by atoms with Gasteiger partial charge in [0, 0.05) is 0 Å². The fraction of sp³-hybridized carbons (Fsp3) is 0. The summed E-state index contributed by atoms with van der Waals surface area (Å²) in [6.07, 6.45) is 0. The molecule has 2 N–H and O–H groups in total. The Balaban J connectivity index is -0.0000000150. The topological polar surface area (TPSA) is 57.5 Å². The van der Waals surface area contributed by atoms with Gasteiger partial charge in [0.1, 0.15) is 0 Å². The molecule has 0 aliphatic rings. The minimum absolute atomic E-state index is 0. The molecule has 0 aliphatic heterocycles. The first kappa shape index (κ1) is 10.1. The normalized spacial score (nSPS) is 7.00. The molecule has 0 fully saturated rings. The molecule has 0 unspecified atom stereocenters. The number of hydrogen-bond donors (Lipinski definition) is 2. The van der Waals surface area contributed by atoms with Crippen LogP contribution >= 0.6 is 0 Å². The van der Waals surface area contributed by atoms with Gasteiger partial charge >= 0.3 is 75.9 Å². The van der Waals surface area contributed by atoms with Gasteiger partial charge in [-0.05, 0) is 0 Å². The second kappa shape index (κ2) is 5.99. The molecule has 3 nitrogen and oxygen atoms in total. The minimum Gasteiger partial charge on any atom is -1.00 e. The fourth-order valence-electron chi connectivity index (χ4n) is 0. The van der Waals surface area contributed by atoms with Gasteiger partial charge in [0.05, 0.1) is 0 Å². The predicted molar refractivity (Wildman–Crippen MR) is 18.9 cm³/mol. The van der Waals surface area contributed by atoms with Gasteiger partial charge < -0.3 is 2.85 Å². The van der Waals surface area contributed by atoms with Gasteiger partial charge in [0.2, 0.25) is 0 Å². The summed E-state index contributed by atoms with van der Waals surface area (Å²) in [5.74, 6) is 0. The quantitative estimate of drug-likeness (QED) is 0.511. The molecular weight excluding hydrogens is 263 g/mol. The Kier molecular flexibility index (Phi) is 12.1. The van der Waals surface area contributed by atoms with Crippen LogP contribution in [0.25, 0.3) is 0 Å². The summed E-state index contributed by atoms with van der Waals surface area (Å²) in [7, 11) is 0. The zero-order chi connectivity index (χ0) is 3.58. The van der Waals surface area contributed by atoms with Crippen molar-refractivity contribution < 1.29 is 12.9 Å². The molecule has 0 amide bonds. The van der Waals surface area contributed by atoms with Gasteiger partial charge in [-0.2, -0.15) is 0 Å². The van der Waals surface area contributed by atoms with E-state index in [1.165, 1.54) is 0 Å². The summed E-state index contributed by atoms with van der Waals surface area (Å²) in [6, 6.07) is 0. The molecule has 0 aromatic heterocycles. The summed E-state index contributed by atoms with van der Waals surface area (Å²) in [6.45, 7) is 0. The molecule has 5 heavy (non-hydrogen) atoms. The molecule has 0 saturated carbocycles. The average molecular weight is 267 g/mol. The standard InChI is InChI=1S/H2O3Te.Sr.2H/c1-4(2)3;;;/h(H2,1,2,3);;;/q;+2;2*-1. The van der Waals surface area contributed by atoms with Crippen LogP contribution in [0.5, 0.6) is 0 Å². The summed E-state index contributed by atoms with van der Waals surface area (Å²) < 4.78 is 23.3. The van der Waals surface area contributed by atoms with E-state index in [2.05, 4.69) is 0 Å². The van der Waals surface area contributed by atoms with Gasteiger partial charge in [-0.15, -0.1) is 0 Å². The van der Waals surface area contributed by atoms with E-state index in [4.69, 9.17) is 10.0 Å². The molecule has 0 saturated heterocycles. The third-order valence-corrected chi connectivity index (χ3v) is 0. The zero-order valence-corrected chi connectivity index (χ0v) is 8.22. The Bertz CT molecular complexity index is 35.9. The Morgan fingerprint density at radius 2 is 1.60 bits per heavy atom. The summed E-state index contributed by atoms with van der Waals surface area (Å²) in [5, 5.41) is 0. The molecule has 0 aliphatic carbocycles. The third-order valence-electron chi connectivity index (χ3n) is 0. The predicted octanol–water partition coefficient (Wildman–Crippen LogP) is -1.77. The molecule has 0 radical (unpaired) electrons. The third kappa shape index (κ3) is 24.1. The van der Waals surface area contributed by atoms with Gasteiger partial charge in [-0.3, -0.25) is 0 Å². The molecule has 0 aromatic rings. The van der Waals surface area contributed by atoms with Crippen molar-refractivity contribution in [1.29, 1.82) is 0 Å². The molecule has 0 atom stereocenters. The molecule has 0 spiro atoms. The van der Waals surface area contributed by atoms with Crippen molar-refractivity contribution in [2.75, 3.05) is 0 Å². The van der Waals surface area contributed by atoms with E-state index < -0.39 is 20.4 Å². The first-order chi connectivity index (χ1) is 1.73. The summed E-state index contributed by atoms with van der Waals surface area (Å²) in [4.78, 5) is 0. The van der Waals surface area contributed by atoms with Crippen molar-refractivity contribution in [3.8, 4) is 0 Å². The van der Waals surface area contributed by atoms with Crippen LogP contribution in [0.1, 0.15) is 2.85 Å². The fourth-order valence-corrected chi connectivity index (χ4v) is 0. The Morgan fingerprint density at radius 3 is 1.60 bits per heavy atom. The maximum absolute atomic E-state index is 8.81. The van der Waals surface area contributed by atoms with Gasteiger partial charge in [0.25, 0.3) is 0 Å². The Labute approximate surface area is 77.3 Å². The second-order valence-electron chi connectivity index (χ2n) is 0.231. The molecule has 30 valence electrons. The number of rotatable bonds is 0. The van der Waals surface area contributed by atoms with E-state index in [-0.39, 0.29) is 48.3 Å². The largest absolute Gasteiger partial charge is 2.00 e. The molecule has 0 aromatic carbocycles. The van der Waals surface area contributed by atoms with Gasteiger partial charge in [0.15, 0.2) is 0 Å². The van der Waals surface area contributed by atoms with Gasteiger partial charge in [-0.25, -0.2) is 0 Å². The van der Waals surface area contributed by atoms with E-state index >= 15 is 0 Å². The van der Waals surface area contributed by atoms with E-state index in [0.29, 0.717) is 0 Å². The van der Waals surface area contributed by atoms with Crippen molar-refractivity contribution in [3.05, 3.63) is 0 Å². The van der Waals surface area contributed by atoms with Crippen molar-refractivity contribution in [3.63, 3.8) is 0 Å². The smallest absolute Gasteiger partial charge is 1.00 e. The average Bonchev–Trinajstić information content (AvgIpc) is 0.811. The first-order valence-electron chi connectivity index (χ1n) is 0.532. The number of hydrogen-bond acceptors (Lipinski definition) is 1. The van der Waals surface area contributed by atoms with Crippen LogP contribution in [0.4, 0.5) is 0 Å². The maximum Gasteiger partial charge on any atom is 2.00 e. The monoisotopic (exact) mass is 270 g/mol. The Morgan fingerprint density at radius 1 is 1.60 bits per heavy atom. The molecule has 5 heteroatoms.